The number of benzene rings is 1. The molecule has 1 aromatic carbocycles. The normalized spacial score (nSPS) is 13.7. The van der Waals surface area contributed by atoms with Crippen molar-refractivity contribution in [3.63, 3.8) is 0 Å². The highest BCUT2D eigenvalue weighted by atomic mass is 16.7. The van der Waals surface area contributed by atoms with Gasteiger partial charge in [-0.3, -0.25) is 4.79 Å². The summed E-state index contributed by atoms with van der Waals surface area (Å²) in [6.07, 6.45) is 0.893. The Kier molecular flexibility index (Phi) is 3.20. The third-order valence-electron chi connectivity index (χ3n) is 3.32. The van der Waals surface area contributed by atoms with E-state index in [0.717, 1.165) is 29.0 Å². The van der Waals surface area contributed by atoms with Crippen molar-refractivity contribution in [3.05, 3.63) is 23.3 Å². The zero-order valence-electron chi connectivity index (χ0n) is 10.9. The third-order valence-corrected chi connectivity index (χ3v) is 3.32. The molecule has 0 saturated heterocycles. The van der Waals surface area contributed by atoms with Crippen LogP contribution in [0.5, 0.6) is 11.5 Å². The number of carbonyl (C=O) groups is 1. The maximum atomic E-state index is 11.0. The number of ether oxygens (including phenoxy) is 2. The number of aliphatic carboxylic acids is 1. The maximum Gasteiger partial charge on any atom is 0.304 e. The van der Waals surface area contributed by atoms with Crippen LogP contribution in [0, 0.1) is 0 Å². The summed E-state index contributed by atoms with van der Waals surface area (Å²) >= 11 is 0. The summed E-state index contributed by atoms with van der Waals surface area (Å²) in [6.45, 7) is 6.17. The molecule has 1 heterocycles. The fourth-order valence-corrected chi connectivity index (χ4v) is 2.49. The fourth-order valence-electron chi connectivity index (χ4n) is 2.49. The minimum Gasteiger partial charge on any atom is -0.481 e. The summed E-state index contributed by atoms with van der Waals surface area (Å²) in [5.41, 5.74) is 1.66. The molecule has 0 bridgehead atoms. The van der Waals surface area contributed by atoms with Gasteiger partial charge in [0.25, 0.3) is 0 Å². The Morgan fingerprint density at radius 1 is 1.39 bits per heavy atom. The minimum atomic E-state index is -0.792. The van der Waals surface area contributed by atoms with Crippen molar-refractivity contribution in [2.24, 2.45) is 0 Å². The van der Waals surface area contributed by atoms with E-state index in [2.05, 4.69) is 0 Å². The molecule has 1 aliphatic heterocycles. The molecular weight excluding hydrogens is 232 g/mol. The third kappa shape index (κ3) is 2.15. The van der Waals surface area contributed by atoms with Gasteiger partial charge in [-0.2, -0.15) is 0 Å². The first kappa shape index (κ1) is 12.7. The number of carboxylic acid groups (broad SMARTS) is 1. The summed E-state index contributed by atoms with van der Waals surface area (Å²) in [4.78, 5) is 11.0. The molecule has 1 aromatic rings. The van der Waals surface area contributed by atoms with Crippen LogP contribution in [0.3, 0.4) is 0 Å². The van der Waals surface area contributed by atoms with E-state index in [1.807, 2.05) is 32.9 Å². The van der Waals surface area contributed by atoms with Crippen molar-refractivity contribution >= 4 is 5.97 Å². The molecule has 2 rings (SSSR count). The van der Waals surface area contributed by atoms with E-state index in [9.17, 15) is 4.79 Å². The van der Waals surface area contributed by atoms with Crippen molar-refractivity contribution in [2.75, 3.05) is 6.79 Å². The smallest absolute Gasteiger partial charge is 0.304 e. The van der Waals surface area contributed by atoms with Gasteiger partial charge in [-0.25, -0.2) is 0 Å². The first-order valence-electron chi connectivity index (χ1n) is 6.09. The number of rotatable bonds is 4. The summed E-state index contributed by atoms with van der Waals surface area (Å²) in [5, 5.41) is 9.01. The molecule has 0 fully saturated rings. The number of fused-ring (bicyclic) bond motifs is 1. The first-order valence-corrected chi connectivity index (χ1v) is 6.09. The van der Waals surface area contributed by atoms with Gasteiger partial charge >= 0.3 is 5.97 Å². The first-order chi connectivity index (χ1) is 8.45. The van der Waals surface area contributed by atoms with E-state index < -0.39 is 11.4 Å². The Morgan fingerprint density at radius 2 is 2.11 bits per heavy atom. The van der Waals surface area contributed by atoms with Gasteiger partial charge in [-0.05, 0) is 18.1 Å². The SMILES string of the molecule is CCc1c(C(C)(C)CC(=O)O)ccc2c1OCO2. The predicted octanol–water partition coefficient (Wildman–Crippen LogP) is 2.73. The van der Waals surface area contributed by atoms with Gasteiger partial charge in [0.1, 0.15) is 0 Å². The van der Waals surface area contributed by atoms with E-state index in [1.165, 1.54) is 0 Å². The fraction of sp³-hybridized carbons (Fsp3) is 0.500. The molecule has 0 spiro atoms. The second kappa shape index (κ2) is 4.52. The number of hydrogen-bond donors (Lipinski definition) is 1. The molecule has 4 heteroatoms. The van der Waals surface area contributed by atoms with Crippen LogP contribution < -0.4 is 9.47 Å². The van der Waals surface area contributed by atoms with Gasteiger partial charge in [-0.1, -0.05) is 26.8 Å². The lowest BCUT2D eigenvalue weighted by Gasteiger charge is -2.26. The van der Waals surface area contributed by atoms with E-state index in [-0.39, 0.29) is 13.2 Å². The van der Waals surface area contributed by atoms with E-state index in [4.69, 9.17) is 14.6 Å². The second-order valence-electron chi connectivity index (χ2n) is 5.13. The molecule has 98 valence electrons. The lowest BCUT2D eigenvalue weighted by Crippen LogP contribution is -2.23. The van der Waals surface area contributed by atoms with Crippen LogP contribution >= 0.6 is 0 Å². The highest BCUT2D eigenvalue weighted by molar-refractivity contribution is 5.69. The van der Waals surface area contributed by atoms with Gasteiger partial charge in [0.05, 0.1) is 6.42 Å². The number of hydrogen-bond acceptors (Lipinski definition) is 3. The van der Waals surface area contributed by atoms with Gasteiger partial charge < -0.3 is 14.6 Å². The lowest BCUT2D eigenvalue weighted by molar-refractivity contribution is -0.138. The van der Waals surface area contributed by atoms with Crippen molar-refractivity contribution in [1.29, 1.82) is 0 Å². The highest BCUT2D eigenvalue weighted by Crippen LogP contribution is 2.42. The largest absolute Gasteiger partial charge is 0.481 e. The molecule has 18 heavy (non-hydrogen) atoms. The molecule has 1 N–H and O–H groups in total. The molecule has 0 atom stereocenters. The van der Waals surface area contributed by atoms with E-state index in [0.29, 0.717) is 0 Å². The maximum absolute atomic E-state index is 11.0. The Bertz CT molecular complexity index is 477. The molecule has 1 aliphatic rings. The summed E-state index contributed by atoms with van der Waals surface area (Å²) < 4.78 is 10.8. The Morgan fingerprint density at radius 3 is 2.72 bits per heavy atom. The van der Waals surface area contributed by atoms with Crippen LogP contribution in [0.15, 0.2) is 12.1 Å². The van der Waals surface area contributed by atoms with Gasteiger partial charge in [-0.15, -0.1) is 0 Å². The molecule has 0 radical (unpaired) electrons. The zero-order chi connectivity index (χ0) is 13.3. The average molecular weight is 250 g/mol. The van der Waals surface area contributed by atoms with E-state index in [1.54, 1.807) is 0 Å². The van der Waals surface area contributed by atoms with Crippen LogP contribution in [0.2, 0.25) is 0 Å². The summed E-state index contributed by atoms with van der Waals surface area (Å²) in [5.74, 6) is 0.731. The van der Waals surface area contributed by atoms with Crippen LogP contribution in [0.1, 0.15) is 38.3 Å². The van der Waals surface area contributed by atoms with Crippen molar-refractivity contribution in [3.8, 4) is 11.5 Å². The summed E-state index contributed by atoms with van der Waals surface area (Å²) in [6, 6.07) is 3.82. The van der Waals surface area contributed by atoms with Crippen LogP contribution in [0.25, 0.3) is 0 Å². The van der Waals surface area contributed by atoms with Crippen molar-refractivity contribution < 1.29 is 19.4 Å². The average Bonchev–Trinajstić information content (AvgIpc) is 2.73. The standard InChI is InChI=1S/C14H18O4/c1-4-9-10(14(2,3)7-12(15)16)5-6-11-13(9)18-8-17-11/h5-6H,4,7-8H2,1-3H3,(H,15,16). The van der Waals surface area contributed by atoms with E-state index >= 15 is 0 Å². The van der Waals surface area contributed by atoms with Gasteiger partial charge in [0, 0.05) is 11.0 Å². The van der Waals surface area contributed by atoms with Crippen LogP contribution in [0.4, 0.5) is 0 Å². The van der Waals surface area contributed by atoms with Crippen molar-refractivity contribution in [2.45, 2.75) is 39.0 Å². The predicted molar refractivity (Wildman–Crippen MR) is 67.2 cm³/mol. The van der Waals surface area contributed by atoms with Crippen molar-refractivity contribution in [1.82, 2.24) is 0 Å². The molecule has 0 amide bonds. The Hall–Kier alpha value is -1.71. The molecule has 4 nitrogen and oxygen atoms in total. The molecule has 0 unspecified atom stereocenters. The lowest BCUT2D eigenvalue weighted by atomic mass is 9.78. The highest BCUT2D eigenvalue weighted by Gasteiger charge is 2.30. The van der Waals surface area contributed by atoms with Crippen LogP contribution in [-0.2, 0) is 16.6 Å². The topological polar surface area (TPSA) is 55.8 Å². The molecule has 0 aromatic heterocycles. The second-order valence-corrected chi connectivity index (χ2v) is 5.13. The quantitative estimate of drug-likeness (QED) is 0.892. The Balaban J connectivity index is 2.48. The van der Waals surface area contributed by atoms with Gasteiger partial charge in [0.2, 0.25) is 6.79 Å². The Labute approximate surface area is 107 Å². The van der Waals surface area contributed by atoms with Gasteiger partial charge in [0.15, 0.2) is 11.5 Å². The molecule has 0 saturated carbocycles. The molecular formula is C14H18O4. The summed E-state index contributed by atoms with van der Waals surface area (Å²) in [7, 11) is 0. The minimum absolute atomic E-state index is 0.0969. The zero-order valence-corrected chi connectivity index (χ0v) is 10.9. The number of carboxylic acids is 1. The van der Waals surface area contributed by atoms with Crippen LogP contribution in [-0.4, -0.2) is 17.9 Å². The molecule has 0 aliphatic carbocycles. The monoisotopic (exact) mass is 250 g/mol.